The Morgan fingerprint density at radius 3 is 2.61 bits per heavy atom. The van der Waals surface area contributed by atoms with E-state index in [2.05, 4.69) is 20.8 Å². The number of hydrogen-bond acceptors (Lipinski definition) is 6. The van der Waals surface area contributed by atoms with Gasteiger partial charge in [0.2, 0.25) is 11.1 Å². The second-order valence-corrected chi connectivity index (χ2v) is 7.82. The van der Waals surface area contributed by atoms with Crippen LogP contribution in [0.3, 0.4) is 0 Å². The zero-order valence-corrected chi connectivity index (χ0v) is 17.2. The number of aryl methyl sites for hydroxylation is 2. The van der Waals surface area contributed by atoms with Crippen molar-refractivity contribution in [2.45, 2.75) is 37.7 Å². The van der Waals surface area contributed by atoms with Crippen molar-refractivity contribution in [3.63, 3.8) is 0 Å². The molecule has 3 rings (SSSR count). The Morgan fingerprint density at radius 2 is 1.89 bits per heavy atom. The zero-order valence-electron chi connectivity index (χ0n) is 16.3. The molecule has 0 saturated carbocycles. The summed E-state index contributed by atoms with van der Waals surface area (Å²) in [5.41, 5.74) is 4.05. The quantitative estimate of drug-likeness (QED) is 0.617. The SMILES string of the molecule is COc1ccc(C)cc1-n1nnnc1SC(C)C(=O)NCc1ccc(C)cc1. The first kappa shape index (κ1) is 19.9. The fraction of sp³-hybridized carbons (Fsp3) is 0.300. The highest BCUT2D eigenvalue weighted by Gasteiger charge is 2.20. The highest BCUT2D eigenvalue weighted by molar-refractivity contribution is 8.00. The Hall–Kier alpha value is -2.87. The van der Waals surface area contributed by atoms with Crippen molar-refractivity contribution in [2.24, 2.45) is 0 Å². The number of thioether (sulfide) groups is 1. The number of carbonyl (C=O) groups excluding carboxylic acids is 1. The number of nitrogens with zero attached hydrogens (tertiary/aromatic N) is 4. The maximum absolute atomic E-state index is 12.5. The molecule has 1 amide bonds. The lowest BCUT2D eigenvalue weighted by Crippen LogP contribution is -2.30. The first-order chi connectivity index (χ1) is 13.5. The maximum Gasteiger partial charge on any atom is 0.233 e. The normalized spacial score (nSPS) is 11.9. The van der Waals surface area contributed by atoms with Gasteiger partial charge in [-0.25, -0.2) is 0 Å². The molecule has 0 bridgehead atoms. The van der Waals surface area contributed by atoms with Crippen molar-refractivity contribution in [1.82, 2.24) is 25.5 Å². The first-order valence-electron chi connectivity index (χ1n) is 8.91. The number of amides is 1. The van der Waals surface area contributed by atoms with Crippen LogP contribution in [-0.2, 0) is 11.3 Å². The molecule has 2 aromatic carbocycles. The van der Waals surface area contributed by atoms with E-state index in [0.29, 0.717) is 17.5 Å². The van der Waals surface area contributed by atoms with Gasteiger partial charge in [0.1, 0.15) is 11.4 Å². The van der Waals surface area contributed by atoms with E-state index in [-0.39, 0.29) is 11.2 Å². The fourth-order valence-electron chi connectivity index (χ4n) is 2.62. The van der Waals surface area contributed by atoms with Gasteiger partial charge in [0.05, 0.1) is 12.4 Å². The molecule has 0 radical (unpaired) electrons. The zero-order chi connectivity index (χ0) is 20.1. The molecule has 1 aromatic heterocycles. The number of carbonyl (C=O) groups is 1. The summed E-state index contributed by atoms with van der Waals surface area (Å²) < 4.78 is 7.02. The number of ether oxygens (including phenoxy) is 1. The molecular weight excluding hydrogens is 374 g/mol. The van der Waals surface area contributed by atoms with Crippen LogP contribution in [0.5, 0.6) is 5.75 Å². The number of methoxy groups -OCH3 is 1. The van der Waals surface area contributed by atoms with Gasteiger partial charge in [-0.15, -0.1) is 5.10 Å². The second kappa shape index (κ2) is 8.88. The number of hydrogen-bond donors (Lipinski definition) is 1. The highest BCUT2D eigenvalue weighted by Crippen LogP contribution is 2.28. The Morgan fingerprint density at radius 1 is 1.18 bits per heavy atom. The standard InChI is InChI=1S/C20H23N5O2S/c1-13-5-8-16(9-6-13)12-21-19(26)15(3)28-20-22-23-24-25(20)17-11-14(2)7-10-18(17)27-4/h5-11,15H,12H2,1-4H3,(H,21,26). The van der Waals surface area contributed by atoms with Gasteiger partial charge in [-0.3, -0.25) is 4.79 Å². The van der Waals surface area contributed by atoms with Crippen molar-refractivity contribution in [3.8, 4) is 11.4 Å². The lowest BCUT2D eigenvalue weighted by atomic mass is 10.1. The number of aromatic nitrogens is 4. The summed E-state index contributed by atoms with van der Waals surface area (Å²) in [7, 11) is 1.60. The molecule has 1 N–H and O–H groups in total. The minimum Gasteiger partial charge on any atom is -0.494 e. The van der Waals surface area contributed by atoms with E-state index in [1.807, 2.05) is 63.2 Å². The van der Waals surface area contributed by atoms with E-state index in [1.165, 1.54) is 17.3 Å². The minimum absolute atomic E-state index is 0.0728. The van der Waals surface area contributed by atoms with Crippen molar-refractivity contribution in [3.05, 3.63) is 59.2 Å². The third-order valence-electron chi connectivity index (χ3n) is 4.24. The number of tetrazole rings is 1. The van der Waals surface area contributed by atoms with Gasteiger partial charge in [-0.2, -0.15) is 4.68 Å². The average molecular weight is 398 g/mol. The number of benzene rings is 2. The summed E-state index contributed by atoms with van der Waals surface area (Å²) >= 11 is 1.30. The molecule has 7 nitrogen and oxygen atoms in total. The molecule has 1 unspecified atom stereocenters. The van der Waals surface area contributed by atoms with Crippen molar-refractivity contribution < 1.29 is 9.53 Å². The summed E-state index contributed by atoms with van der Waals surface area (Å²) in [6.07, 6.45) is 0. The Bertz CT molecular complexity index is 955. The van der Waals surface area contributed by atoms with Crippen LogP contribution in [0.4, 0.5) is 0 Å². The van der Waals surface area contributed by atoms with E-state index < -0.39 is 0 Å². The molecule has 0 saturated heterocycles. The van der Waals surface area contributed by atoms with Gasteiger partial charge >= 0.3 is 0 Å². The molecule has 0 aliphatic heterocycles. The molecular formula is C20H23N5O2S. The van der Waals surface area contributed by atoms with E-state index in [0.717, 1.165) is 16.8 Å². The topological polar surface area (TPSA) is 81.9 Å². The molecule has 1 atom stereocenters. The van der Waals surface area contributed by atoms with Crippen LogP contribution < -0.4 is 10.1 Å². The Labute approximate surface area is 168 Å². The van der Waals surface area contributed by atoms with E-state index in [4.69, 9.17) is 4.74 Å². The van der Waals surface area contributed by atoms with E-state index in [1.54, 1.807) is 11.8 Å². The molecule has 0 spiro atoms. The molecule has 0 aliphatic carbocycles. The summed E-state index contributed by atoms with van der Waals surface area (Å²) in [5, 5.41) is 15.1. The molecule has 8 heteroatoms. The fourth-order valence-corrected chi connectivity index (χ4v) is 3.44. The van der Waals surface area contributed by atoms with Crippen LogP contribution in [0.2, 0.25) is 0 Å². The van der Waals surface area contributed by atoms with Crippen LogP contribution in [0.1, 0.15) is 23.6 Å². The average Bonchev–Trinajstić information content (AvgIpc) is 3.15. The molecule has 28 heavy (non-hydrogen) atoms. The molecule has 1 heterocycles. The molecule has 3 aromatic rings. The van der Waals surface area contributed by atoms with E-state index >= 15 is 0 Å². The predicted octanol–water partition coefficient (Wildman–Crippen LogP) is 3.08. The minimum atomic E-state index is -0.356. The lowest BCUT2D eigenvalue weighted by molar-refractivity contribution is -0.120. The number of nitrogens with one attached hydrogen (secondary N) is 1. The lowest BCUT2D eigenvalue weighted by Gasteiger charge is -2.13. The monoisotopic (exact) mass is 397 g/mol. The van der Waals surface area contributed by atoms with Gasteiger partial charge in [0, 0.05) is 6.54 Å². The van der Waals surface area contributed by atoms with Crippen LogP contribution in [0.15, 0.2) is 47.6 Å². The third-order valence-corrected chi connectivity index (χ3v) is 5.28. The van der Waals surface area contributed by atoms with Crippen LogP contribution in [0, 0.1) is 13.8 Å². The van der Waals surface area contributed by atoms with Crippen LogP contribution in [0.25, 0.3) is 5.69 Å². The van der Waals surface area contributed by atoms with Crippen molar-refractivity contribution >= 4 is 17.7 Å². The van der Waals surface area contributed by atoms with Gasteiger partial charge in [-0.1, -0.05) is 47.7 Å². The summed E-state index contributed by atoms with van der Waals surface area (Å²) in [4.78, 5) is 12.5. The molecule has 0 fully saturated rings. The Balaban J connectivity index is 1.69. The van der Waals surface area contributed by atoms with Gasteiger partial charge < -0.3 is 10.1 Å². The summed E-state index contributed by atoms with van der Waals surface area (Å²) in [6.45, 7) is 6.35. The first-order valence-corrected chi connectivity index (χ1v) is 9.79. The third kappa shape index (κ3) is 4.69. The Kier molecular flexibility index (Phi) is 6.30. The highest BCUT2D eigenvalue weighted by atomic mass is 32.2. The largest absolute Gasteiger partial charge is 0.494 e. The van der Waals surface area contributed by atoms with Crippen molar-refractivity contribution in [2.75, 3.05) is 7.11 Å². The number of rotatable bonds is 7. The van der Waals surface area contributed by atoms with E-state index in [9.17, 15) is 4.79 Å². The molecule has 0 aliphatic rings. The summed E-state index contributed by atoms with van der Waals surface area (Å²) in [6, 6.07) is 13.9. The maximum atomic E-state index is 12.5. The van der Waals surface area contributed by atoms with Crippen LogP contribution >= 0.6 is 11.8 Å². The van der Waals surface area contributed by atoms with Gasteiger partial charge in [-0.05, 0) is 54.5 Å². The van der Waals surface area contributed by atoms with Gasteiger partial charge in [0.15, 0.2) is 0 Å². The molecule has 146 valence electrons. The summed E-state index contributed by atoms with van der Waals surface area (Å²) in [5.74, 6) is 0.590. The second-order valence-electron chi connectivity index (χ2n) is 6.51. The van der Waals surface area contributed by atoms with Crippen molar-refractivity contribution in [1.29, 1.82) is 0 Å². The van der Waals surface area contributed by atoms with Crippen LogP contribution in [-0.4, -0.2) is 38.5 Å². The smallest absolute Gasteiger partial charge is 0.233 e. The predicted molar refractivity (Wildman–Crippen MR) is 109 cm³/mol. The van der Waals surface area contributed by atoms with Gasteiger partial charge in [0.25, 0.3) is 0 Å².